The van der Waals surface area contributed by atoms with E-state index in [1.165, 1.54) is 32.4 Å². The van der Waals surface area contributed by atoms with Crippen molar-refractivity contribution in [3.05, 3.63) is 22.2 Å². The fourth-order valence-electron chi connectivity index (χ4n) is 3.11. The van der Waals surface area contributed by atoms with Crippen molar-refractivity contribution in [1.29, 1.82) is 0 Å². The molecule has 1 aliphatic carbocycles. The summed E-state index contributed by atoms with van der Waals surface area (Å²) in [6, 6.07) is 4.72. The molecule has 2 fully saturated rings. The van der Waals surface area contributed by atoms with Crippen LogP contribution in [0.5, 0.6) is 11.5 Å². The van der Waals surface area contributed by atoms with Crippen LogP contribution in [0, 0.1) is 5.92 Å². The van der Waals surface area contributed by atoms with Gasteiger partial charge in [0.15, 0.2) is 11.5 Å². The van der Waals surface area contributed by atoms with E-state index in [2.05, 4.69) is 26.1 Å². The number of hydrogen-bond donors (Lipinski definition) is 2. The maximum absolute atomic E-state index is 9.81. The van der Waals surface area contributed by atoms with E-state index in [1.807, 2.05) is 12.1 Å². The van der Waals surface area contributed by atoms with E-state index in [1.54, 1.807) is 7.11 Å². The lowest BCUT2D eigenvalue weighted by Gasteiger charge is -2.15. The highest BCUT2D eigenvalue weighted by Crippen LogP contribution is 2.35. The van der Waals surface area contributed by atoms with Crippen molar-refractivity contribution in [3.8, 4) is 11.5 Å². The monoisotopic (exact) mass is 354 g/mol. The first-order valence-electron chi connectivity index (χ1n) is 7.67. The molecular weight excluding hydrogens is 332 g/mol. The van der Waals surface area contributed by atoms with Gasteiger partial charge in [-0.3, -0.25) is 0 Å². The minimum atomic E-state index is 0.164. The summed E-state index contributed by atoms with van der Waals surface area (Å²) in [7, 11) is 1.57. The Balaban J connectivity index is 1.48. The van der Waals surface area contributed by atoms with Crippen LogP contribution in [0.3, 0.4) is 0 Å². The van der Waals surface area contributed by atoms with Crippen LogP contribution in [0.2, 0.25) is 0 Å². The van der Waals surface area contributed by atoms with Crippen molar-refractivity contribution >= 4 is 15.9 Å². The number of benzene rings is 1. The predicted molar refractivity (Wildman–Crippen MR) is 86.8 cm³/mol. The van der Waals surface area contributed by atoms with Crippen LogP contribution in [0.4, 0.5) is 0 Å². The molecule has 0 bridgehead atoms. The number of methoxy groups -OCH3 is 1. The molecule has 21 heavy (non-hydrogen) atoms. The Labute approximate surface area is 134 Å². The number of nitrogens with one attached hydrogen (secondary N) is 1. The molecule has 4 nitrogen and oxygen atoms in total. The van der Waals surface area contributed by atoms with Crippen LogP contribution in [-0.4, -0.2) is 42.8 Å². The summed E-state index contributed by atoms with van der Waals surface area (Å²) in [4.78, 5) is 2.65. The number of hydrogen-bond acceptors (Lipinski definition) is 4. The molecule has 1 aromatic rings. The van der Waals surface area contributed by atoms with Gasteiger partial charge in [-0.1, -0.05) is 0 Å². The Bertz CT molecular complexity index is 505. The molecule has 0 amide bonds. The summed E-state index contributed by atoms with van der Waals surface area (Å²) < 4.78 is 5.86. The van der Waals surface area contributed by atoms with Gasteiger partial charge >= 0.3 is 0 Å². The summed E-state index contributed by atoms with van der Waals surface area (Å²) >= 11 is 3.36. The van der Waals surface area contributed by atoms with Crippen molar-refractivity contribution < 1.29 is 9.84 Å². The van der Waals surface area contributed by atoms with E-state index < -0.39 is 0 Å². The second-order valence-electron chi connectivity index (χ2n) is 6.14. The van der Waals surface area contributed by atoms with E-state index in [4.69, 9.17) is 4.74 Å². The Morgan fingerprint density at radius 1 is 1.38 bits per heavy atom. The van der Waals surface area contributed by atoms with Crippen molar-refractivity contribution in [1.82, 2.24) is 10.2 Å². The van der Waals surface area contributed by atoms with Gasteiger partial charge in [0.25, 0.3) is 0 Å². The zero-order valence-corrected chi connectivity index (χ0v) is 14.0. The molecule has 3 rings (SSSR count). The largest absolute Gasteiger partial charge is 0.503 e. The second kappa shape index (κ2) is 6.55. The van der Waals surface area contributed by atoms with E-state index in [0.29, 0.717) is 10.2 Å². The fraction of sp³-hybridized carbons (Fsp3) is 0.625. The Hall–Kier alpha value is -0.780. The number of nitrogens with zero attached hydrogens (tertiary/aromatic N) is 1. The van der Waals surface area contributed by atoms with Gasteiger partial charge in [-0.2, -0.15) is 0 Å². The molecule has 0 aromatic heterocycles. The first-order valence-corrected chi connectivity index (χ1v) is 8.47. The summed E-state index contributed by atoms with van der Waals surface area (Å²) in [6.45, 7) is 4.38. The Morgan fingerprint density at radius 2 is 2.19 bits per heavy atom. The molecule has 0 radical (unpaired) electrons. The lowest BCUT2D eigenvalue weighted by molar-refractivity contribution is 0.312. The van der Waals surface area contributed by atoms with E-state index in [0.717, 1.165) is 30.6 Å². The lowest BCUT2D eigenvalue weighted by atomic mass is 10.1. The number of phenolic OH excluding ortho intramolecular Hbond substituents is 1. The number of phenols is 1. The fourth-order valence-corrected chi connectivity index (χ4v) is 3.60. The van der Waals surface area contributed by atoms with E-state index >= 15 is 0 Å². The highest BCUT2D eigenvalue weighted by molar-refractivity contribution is 9.10. The standard InChI is InChI=1S/C16H23BrN2O2/c1-21-15-7-12(6-14(17)16(15)20)9-18-8-11-4-5-19(10-11)13-2-3-13/h6-7,11,13,18,20H,2-5,8-10H2,1H3. The molecule has 0 spiro atoms. The molecule has 1 atom stereocenters. The number of aromatic hydroxyl groups is 1. The number of likely N-dealkylation sites (tertiary alicyclic amines) is 1. The van der Waals surface area contributed by atoms with Gasteiger partial charge in [-0.05, 0) is 71.9 Å². The topological polar surface area (TPSA) is 44.7 Å². The minimum Gasteiger partial charge on any atom is -0.503 e. The van der Waals surface area contributed by atoms with Gasteiger partial charge in [0.05, 0.1) is 11.6 Å². The Morgan fingerprint density at radius 3 is 2.90 bits per heavy atom. The van der Waals surface area contributed by atoms with Crippen LogP contribution in [-0.2, 0) is 6.54 Å². The van der Waals surface area contributed by atoms with E-state index in [-0.39, 0.29) is 5.75 Å². The van der Waals surface area contributed by atoms with Gasteiger partial charge in [-0.15, -0.1) is 0 Å². The summed E-state index contributed by atoms with van der Waals surface area (Å²) in [5, 5.41) is 13.3. The molecule has 1 saturated heterocycles. The first kappa shape index (κ1) is 15.1. The van der Waals surface area contributed by atoms with Crippen molar-refractivity contribution in [2.45, 2.75) is 31.8 Å². The second-order valence-corrected chi connectivity index (χ2v) is 6.99. The van der Waals surface area contributed by atoms with Gasteiger partial charge in [0.2, 0.25) is 0 Å². The number of ether oxygens (including phenoxy) is 1. The molecule has 1 unspecified atom stereocenters. The normalized spacial score (nSPS) is 22.7. The maximum atomic E-state index is 9.81. The molecule has 1 aliphatic heterocycles. The number of halogens is 1. The van der Waals surface area contributed by atoms with Crippen molar-refractivity contribution in [2.75, 3.05) is 26.7 Å². The smallest absolute Gasteiger partial charge is 0.172 e. The van der Waals surface area contributed by atoms with Crippen LogP contribution in [0.1, 0.15) is 24.8 Å². The average molecular weight is 355 g/mol. The number of rotatable bonds is 6. The zero-order chi connectivity index (χ0) is 14.8. The van der Waals surface area contributed by atoms with Crippen molar-refractivity contribution in [2.24, 2.45) is 5.92 Å². The third-order valence-corrected chi connectivity index (χ3v) is 5.06. The Kier molecular flexibility index (Phi) is 4.72. The van der Waals surface area contributed by atoms with Crippen LogP contribution in [0.25, 0.3) is 0 Å². The molecule has 5 heteroatoms. The highest BCUT2D eigenvalue weighted by Gasteiger charge is 2.33. The highest BCUT2D eigenvalue weighted by atomic mass is 79.9. The van der Waals surface area contributed by atoms with Gasteiger partial charge in [0.1, 0.15) is 0 Å². The molecule has 116 valence electrons. The van der Waals surface area contributed by atoms with E-state index in [9.17, 15) is 5.11 Å². The molecule has 1 aromatic carbocycles. The lowest BCUT2D eigenvalue weighted by Crippen LogP contribution is -2.27. The molecule has 1 saturated carbocycles. The van der Waals surface area contributed by atoms with Crippen LogP contribution in [0.15, 0.2) is 16.6 Å². The average Bonchev–Trinajstić information content (AvgIpc) is 3.22. The quantitative estimate of drug-likeness (QED) is 0.824. The van der Waals surface area contributed by atoms with Gasteiger partial charge in [-0.25, -0.2) is 0 Å². The third kappa shape index (κ3) is 3.71. The van der Waals surface area contributed by atoms with Crippen LogP contribution >= 0.6 is 15.9 Å². The molecular formula is C16H23BrN2O2. The third-order valence-electron chi connectivity index (χ3n) is 4.45. The minimum absolute atomic E-state index is 0.164. The molecule has 2 aliphatic rings. The van der Waals surface area contributed by atoms with Crippen LogP contribution < -0.4 is 10.1 Å². The predicted octanol–water partition coefficient (Wildman–Crippen LogP) is 2.74. The molecule has 1 heterocycles. The van der Waals surface area contributed by atoms with Gasteiger partial charge < -0.3 is 20.1 Å². The summed E-state index contributed by atoms with van der Waals surface area (Å²) in [5.41, 5.74) is 1.12. The summed E-state index contributed by atoms with van der Waals surface area (Å²) in [6.07, 6.45) is 4.12. The van der Waals surface area contributed by atoms with Gasteiger partial charge in [0, 0.05) is 19.1 Å². The SMILES string of the molecule is COc1cc(CNCC2CCN(C3CC3)C2)cc(Br)c1O. The maximum Gasteiger partial charge on any atom is 0.172 e. The zero-order valence-electron chi connectivity index (χ0n) is 12.4. The first-order chi connectivity index (χ1) is 10.2. The van der Waals surface area contributed by atoms with Crippen molar-refractivity contribution in [3.63, 3.8) is 0 Å². The molecule has 2 N–H and O–H groups in total. The summed E-state index contributed by atoms with van der Waals surface area (Å²) in [5.74, 6) is 1.45.